The number of hydrogen-bond acceptors (Lipinski definition) is 4. The number of nitriles is 1. The van der Waals surface area contributed by atoms with Gasteiger partial charge in [-0.25, -0.2) is 19.3 Å². The first kappa shape index (κ1) is 16.9. The van der Waals surface area contributed by atoms with Crippen LogP contribution in [0.15, 0.2) is 60.9 Å². The molecule has 3 aromatic heterocycles. The third-order valence-electron chi connectivity index (χ3n) is 4.32. The molecule has 5 nitrogen and oxygen atoms in total. The van der Waals surface area contributed by atoms with E-state index in [-0.39, 0.29) is 0 Å². The Balaban J connectivity index is 1.82. The molecule has 4 aromatic rings. The van der Waals surface area contributed by atoms with Gasteiger partial charge in [0.1, 0.15) is 5.67 Å². The van der Waals surface area contributed by atoms with Gasteiger partial charge in [0.15, 0.2) is 0 Å². The van der Waals surface area contributed by atoms with E-state index in [0.717, 1.165) is 11.3 Å². The third-order valence-corrected chi connectivity index (χ3v) is 4.32. The smallest absolute Gasteiger partial charge is 0.234 e. The van der Waals surface area contributed by atoms with E-state index in [4.69, 9.17) is 4.98 Å². The molecule has 0 fully saturated rings. The van der Waals surface area contributed by atoms with Crippen LogP contribution in [0.3, 0.4) is 0 Å². The Morgan fingerprint density at radius 1 is 1.00 bits per heavy atom. The zero-order valence-electron chi connectivity index (χ0n) is 14.9. The summed E-state index contributed by atoms with van der Waals surface area (Å²) in [5, 5.41) is 9.34. The van der Waals surface area contributed by atoms with Crippen LogP contribution < -0.4 is 0 Å². The number of benzene rings is 1. The van der Waals surface area contributed by atoms with Crippen molar-refractivity contribution in [1.29, 1.82) is 5.26 Å². The Morgan fingerprint density at radius 3 is 2.56 bits per heavy atom. The summed E-state index contributed by atoms with van der Waals surface area (Å²) in [6.07, 6.45) is 3.42. The SMILES string of the molecule is CC(C)(F)c1ccn2c(-c3cccc(-c4ccccc4C#N)n3)cnc2n1. The minimum Gasteiger partial charge on any atom is -0.282 e. The molecule has 132 valence electrons. The predicted molar refractivity (Wildman–Crippen MR) is 101 cm³/mol. The van der Waals surface area contributed by atoms with Crippen molar-refractivity contribution in [3.05, 3.63) is 72.2 Å². The monoisotopic (exact) mass is 357 g/mol. The van der Waals surface area contributed by atoms with E-state index < -0.39 is 5.67 Å². The third kappa shape index (κ3) is 3.04. The van der Waals surface area contributed by atoms with Crippen LogP contribution >= 0.6 is 0 Å². The summed E-state index contributed by atoms with van der Waals surface area (Å²) in [5.41, 5.74) is 2.28. The van der Waals surface area contributed by atoms with E-state index in [1.807, 2.05) is 36.4 Å². The first-order valence-corrected chi connectivity index (χ1v) is 8.48. The Labute approximate surface area is 155 Å². The molecule has 0 aliphatic rings. The molecule has 0 bridgehead atoms. The molecule has 6 heteroatoms. The van der Waals surface area contributed by atoms with Crippen LogP contribution in [0.4, 0.5) is 4.39 Å². The summed E-state index contributed by atoms with van der Waals surface area (Å²) in [6.45, 7) is 2.93. The van der Waals surface area contributed by atoms with Crippen LogP contribution in [0.5, 0.6) is 0 Å². The van der Waals surface area contributed by atoms with Crippen LogP contribution in [0.2, 0.25) is 0 Å². The molecule has 3 heterocycles. The number of hydrogen-bond donors (Lipinski definition) is 0. The lowest BCUT2D eigenvalue weighted by molar-refractivity contribution is 0.214. The summed E-state index contributed by atoms with van der Waals surface area (Å²) in [4.78, 5) is 13.3. The van der Waals surface area contributed by atoms with Crippen molar-refractivity contribution in [3.8, 4) is 28.7 Å². The number of halogens is 1. The van der Waals surface area contributed by atoms with Gasteiger partial charge < -0.3 is 0 Å². The lowest BCUT2D eigenvalue weighted by Crippen LogP contribution is -2.12. The molecule has 4 rings (SSSR count). The predicted octanol–water partition coefficient (Wildman–Crippen LogP) is 4.53. The molecule has 0 N–H and O–H groups in total. The largest absolute Gasteiger partial charge is 0.282 e. The fourth-order valence-electron chi connectivity index (χ4n) is 2.92. The number of rotatable bonds is 3. The first-order valence-electron chi connectivity index (χ1n) is 8.48. The zero-order valence-corrected chi connectivity index (χ0v) is 14.9. The number of nitrogens with zero attached hydrogens (tertiary/aromatic N) is 5. The van der Waals surface area contributed by atoms with Gasteiger partial charge in [0.2, 0.25) is 5.78 Å². The summed E-state index contributed by atoms with van der Waals surface area (Å²) < 4.78 is 15.9. The van der Waals surface area contributed by atoms with E-state index in [0.29, 0.717) is 28.4 Å². The van der Waals surface area contributed by atoms with Gasteiger partial charge in [-0.2, -0.15) is 5.26 Å². The Morgan fingerprint density at radius 2 is 1.78 bits per heavy atom. The topological polar surface area (TPSA) is 66.9 Å². The Hall–Kier alpha value is -3.59. The highest BCUT2D eigenvalue weighted by Gasteiger charge is 2.22. The van der Waals surface area contributed by atoms with Gasteiger partial charge in [-0.1, -0.05) is 24.3 Å². The molecule has 0 amide bonds. The molecule has 0 spiro atoms. The van der Waals surface area contributed by atoms with Gasteiger partial charge in [-0.15, -0.1) is 0 Å². The van der Waals surface area contributed by atoms with Crippen molar-refractivity contribution in [2.24, 2.45) is 0 Å². The lowest BCUT2D eigenvalue weighted by Gasteiger charge is -2.13. The molecule has 0 radical (unpaired) electrons. The van der Waals surface area contributed by atoms with Gasteiger partial charge in [0.05, 0.1) is 40.6 Å². The lowest BCUT2D eigenvalue weighted by atomic mass is 10.0. The molecule has 0 aliphatic carbocycles. The van der Waals surface area contributed by atoms with Crippen LogP contribution in [-0.4, -0.2) is 19.4 Å². The normalized spacial score (nSPS) is 11.5. The van der Waals surface area contributed by atoms with E-state index in [9.17, 15) is 9.65 Å². The molecule has 0 saturated carbocycles. The van der Waals surface area contributed by atoms with Crippen LogP contribution in [0, 0.1) is 11.3 Å². The highest BCUT2D eigenvalue weighted by atomic mass is 19.1. The van der Waals surface area contributed by atoms with Gasteiger partial charge in [-0.05, 0) is 38.1 Å². The second-order valence-corrected chi connectivity index (χ2v) is 6.66. The molecule has 27 heavy (non-hydrogen) atoms. The highest BCUT2D eigenvalue weighted by Crippen LogP contribution is 2.27. The van der Waals surface area contributed by atoms with Crippen molar-refractivity contribution >= 4 is 5.78 Å². The Kier molecular flexibility index (Phi) is 3.93. The molecule has 0 atom stereocenters. The van der Waals surface area contributed by atoms with E-state index in [1.165, 1.54) is 13.8 Å². The maximum absolute atomic E-state index is 14.2. The van der Waals surface area contributed by atoms with E-state index >= 15 is 0 Å². The quantitative estimate of drug-likeness (QED) is 0.540. The average molecular weight is 357 g/mol. The second kappa shape index (κ2) is 6.29. The number of pyridine rings is 1. The number of alkyl halides is 1. The second-order valence-electron chi connectivity index (χ2n) is 6.66. The summed E-state index contributed by atoms with van der Waals surface area (Å²) in [5.74, 6) is 0.415. The maximum Gasteiger partial charge on any atom is 0.234 e. The molecule has 1 aromatic carbocycles. The highest BCUT2D eigenvalue weighted by molar-refractivity contribution is 5.70. The molecule has 0 saturated heterocycles. The van der Waals surface area contributed by atoms with Gasteiger partial charge >= 0.3 is 0 Å². The molecule has 0 aliphatic heterocycles. The summed E-state index contributed by atoms with van der Waals surface area (Å²) in [7, 11) is 0. The maximum atomic E-state index is 14.2. The van der Waals surface area contributed by atoms with Crippen molar-refractivity contribution in [1.82, 2.24) is 19.4 Å². The van der Waals surface area contributed by atoms with Crippen molar-refractivity contribution in [2.75, 3.05) is 0 Å². The minimum atomic E-state index is -1.53. The molecular formula is C21H16FN5. The standard InChI is InChI=1S/C21H16FN5/c1-21(2,22)19-10-11-27-18(13-24-20(27)26-19)17-9-5-8-16(25-17)15-7-4-3-6-14(15)12-23/h3-11,13H,1-2H3. The number of imidazole rings is 1. The van der Waals surface area contributed by atoms with Gasteiger partial charge in [0, 0.05) is 11.8 Å². The van der Waals surface area contributed by atoms with Crippen LogP contribution in [0.1, 0.15) is 25.1 Å². The molecular weight excluding hydrogens is 341 g/mol. The Bertz CT molecular complexity index is 1180. The van der Waals surface area contributed by atoms with Gasteiger partial charge in [0.25, 0.3) is 0 Å². The number of aromatic nitrogens is 4. The van der Waals surface area contributed by atoms with Crippen LogP contribution in [0.25, 0.3) is 28.4 Å². The van der Waals surface area contributed by atoms with Crippen molar-refractivity contribution < 1.29 is 4.39 Å². The van der Waals surface area contributed by atoms with E-state index in [2.05, 4.69) is 16.0 Å². The zero-order chi connectivity index (χ0) is 19.0. The average Bonchev–Trinajstić information content (AvgIpc) is 3.10. The minimum absolute atomic E-state index is 0.330. The van der Waals surface area contributed by atoms with Crippen molar-refractivity contribution in [2.45, 2.75) is 19.5 Å². The van der Waals surface area contributed by atoms with Crippen LogP contribution in [-0.2, 0) is 5.67 Å². The van der Waals surface area contributed by atoms with Crippen molar-refractivity contribution in [3.63, 3.8) is 0 Å². The first-order chi connectivity index (χ1) is 13.0. The molecule has 0 unspecified atom stereocenters. The number of fused-ring (bicyclic) bond motifs is 1. The summed E-state index contributed by atoms with van der Waals surface area (Å²) in [6, 6.07) is 16.8. The van der Waals surface area contributed by atoms with E-state index in [1.54, 1.807) is 28.9 Å². The fourth-order valence-corrected chi connectivity index (χ4v) is 2.92. The summed E-state index contributed by atoms with van der Waals surface area (Å²) >= 11 is 0. The fraction of sp³-hybridized carbons (Fsp3) is 0.143. The van der Waals surface area contributed by atoms with Gasteiger partial charge in [-0.3, -0.25) is 4.40 Å².